The Labute approximate surface area is 481 Å². The maximum absolute atomic E-state index is 12.6. The zero-order chi connectivity index (χ0) is 55.7. The maximum Gasteiger partial charge on any atom is 0.305 e. The molecule has 0 aromatic heterocycles. The summed E-state index contributed by atoms with van der Waals surface area (Å²) in [5.41, 5.74) is 0. The van der Waals surface area contributed by atoms with Crippen LogP contribution in [-0.2, 0) is 14.3 Å². The number of allylic oxidation sites excluding steroid dienone is 6. The molecule has 6 nitrogen and oxygen atoms in total. The number of esters is 1. The van der Waals surface area contributed by atoms with Gasteiger partial charge in [-0.05, 0) is 77.0 Å². The van der Waals surface area contributed by atoms with Crippen LogP contribution >= 0.6 is 0 Å². The van der Waals surface area contributed by atoms with Crippen LogP contribution in [0.15, 0.2) is 36.5 Å². The SMILES string of the molecule is CCC/C=C\C/C=C\CCCCCCCC(=O)OCCCCCCCCCCCCC/C=C\CCCCCCCCCC(=O)NC(CO)C(O)CCCCCCCCCCCCCCCCCCCCCCCCCCC. The predicted molar refractivity (Wildman–Crippen MR) is 338 cm³/mol. The number of amides is 1. The highest BCUT2D eigenvalue weighted by Crippen LogP contribution is 2.19. The molecule has 2 unspecified atom stereocenters. The van der Waals surface area contributed by atoms with Crippen LogP contribution in [0.3, 0.4) is 0 Å². The maximum atomic E-state index is 12.6. The van der Waals surface area contributed by atoms with E-state index in [4.69, 9.17) is 4.74 Å². The first-order chi connectivity index (χ1) is 38.0. The highest BCUT2D eigenvalue weighted by Gasteiger charge is 2.20. The molecule has 0 aliphatic carbocycles. The molecule has 0 aromatic rings. The van der Waals surface area contributed by atoms with Gasteiger partial charge in [-0.1, -0.05) is 326 Å². The standard InChI is InChI=1S/C71H135NO5/c1-3-5-7-9-11-13-15-17-18-19-20-21-22-23-24-27-30-33-36-40-43-47-51-55-59-63-69(74)68(67-73)72-70(75)64-60-56-52-48-44-41-37-34-31-28-25-26-29-32-35-38-42-46-50-54-58-62-66-77-71(76)65-61-57-53-49-45-39-16-14-12-10-8-6-4-2/h8,10,14,16,28,31,68-69,73-74H,3-7,9,11-13,15,17-27,29-30,32-67H2,1-2H3,(H,72,75)/b10-8-,16-14-,31-28-. The van der Waals surface area contributed by atoms with E-state index < -0.39 is 12.1 Å². The molecule has 0 fully saturated rings. The summed E-state index contributed by atoms with van der Waals surface area (Å²) in [6.07, 6.45) is 84.7. The zero-order valence-corrected chi connectivity index (χ0v) is 52.0. The zero-order valence-electron chi connectivity index (χ0n) is 52.0. The fourth-order valence-electron chi connectivity index (χ4n) is 10.9. The van der Waals surface area contributed by atoms with Gasteiger partial charge in [0.15, 0.2) is 0 Å². The summed E-state index contributed by atoms with van der Waals surface area (Å²) in [5, 5.41) is 23.4. The Bertz CT molecular complexity index is 1250. The highest BCUT2D eigenvalue weighted by molar-refractivity contribution is 5.76. The quantitative estimate of drug-likeness (QED) is 0.0320. The Morgan fingerprint density at radius 2 is 0.675 bits per heavy atom. The number of unbranched alkanes of at least 4 members (excludes halogenated alkanes) is 48. The molecule has 0 saturated heterocycles. The molecule has 0 spiro atoms. The lowest BCUT2D eigenvalue weighted by Crippen LogP contribution is -2.45. The molecular formula is C71H135NO5. The lowest BCUT2D eigenvalue weighted by atomic mass is 10.0. The third-order valence-corrected chi connectivity index (χ3v) is 16.1. The first kappa shape index (κ1) is 75.1. The molecule has 0 rings (SSSR count). The first-order valence-electron chi connectivity index (χ1n) is 34.7. The van der Waals surface area contributed by atoms with Crippen LogP contribution in [0.4, 0.5) is 0 Å². The van der Waals surface area contributed by atoms with Gasteiger partial charge < -0.3 is 20.3 Å². The third kappa shape index (κ3) is 63.1. The predicted octanol–water partition coefficient (Wildman–Crippen LogP) is 22.3. The lowest BCUT2D eigenvalue weighted by Gasteiger charge is -2.22. The van der Waals surface area contributed by atoms with Gasteiger partial charge in [-0.25, -0.2) is 0 Å². The lowest BCUT2D eigenvalue weighted by molar-refractivity contribution is -0.143. The number of carbonyl (C=O) groups is 2. The Balaban J connectivity index is 3.42. The van der Waals surface area contributed by atoms with Gasteiger partial charge in [0.25, 0.3) is 0 Å². The van der Waals surface area contributed by atoms with Crippen LogP contribution in [0.2, 0.25) is 0 Å². The molecule has 1 amide bonds. The largest absolute Gasteiger partial charge is 0.466 e. The fourth-order valence-corrected chi connectivity index (χ4v) is 10.9. The molecule has 0 aliphatic rings. The van der Waals surface area contributed by atoms with Gasteiger partial charge in [-0.15, -0.1) is 0 Å². The third-order valence-electron chi connectivity index (χ3n) is 16.1. The molecular weight excluding hydrogens is 947 g/mol. The number of aliphatic hydroxyl groups excluding tert-OH is 2. The van der Waals surface area contributed by atoms with E-state index in [9.17, 15) is 19.8 Å². The Kier molecular flexibility index (Phi) is 64.9. The van der Waals surface area contributed by atoms with Gasteiger partial charge in [0, 0.05) is 12.8 Å². The minimum Gasteiger partial charge on any atom is -0.466 e. The summed E-state index contributed by atoms with van der Waals surface area (Å²) in [6.45, 7) is 4.91. The number of hydrogen-bond acceptors (Lipinski definition) is 5. The average Bonchev–Trinajstić information content (AvgIpc) is 3.43. The van der Waals surface area contributed by atoms with Gasteiger partial charge >= 0.3 is 5.97 Å². The van der Waals surface area contributed by atoms with Crippen molar-refractivity contribution in [3.8, 4) is 0 Å². The summed E-state index contributed by atoms with van der Waals surface area (Å²) in [6, 6.07) is -0.549. The number of aliphatic hydroxyl groups is 2. The van der Waals surface area contributed by atoms with E-state index in [0.29, 0.717) is 25.9 Å². The molecule has 2 atom stereocenters. The van der Waals surface area contributed by atoms with Crippen LogP contribution in [0.1, 0.15) is 380 Å². The first-order valence-corrected chi connectivity index (χ1v) is 34.7. The molecule has 3 N–H and O–H groups in total. The smallest absolute Gasteiger partial charge is 0.305 e. The molecule has 0 bridgehead atoms. The topological polar surface area (TPSA) is 95.9 Å². The van der Waals surface area contributed by atoms with Crippen molar-refractivity contribution in [3.05, 3.63) is 36.5 Å². The van der Waals surface area contributed by atoms with Gasteiger partial charge in [-0.3, -0.25) is 9.59 Å². The summed E-state index contributed by atoms with van der Waals surface area (Å²) in [4.78, 5) is 24.6. The van der Waals surface area contributed by atoms with Crippen molar-refractivity contribution < 1.29 is 24.5 Å². The number of nitrogens with one attached hydrogen (secondary N) is 1. The number of hydrogen-bond donors (Lipinski definition) is 3. The number of carbonyl (C=O) groups excluding carboxylic acids is 2. The molecule has 0 radical (unpaired) electrons. The normalized spacial score (nSPS) is 12.7. The van der Waals surface area contributed by atoms with E-state index in [1.54, 1.807) is 0 Å². The van der Waals surface area contributed by atoms with Gasteiger partial charge in [0.1, 0.15) is 0 Å². The summed E-state index contributed by atoms with van der Waals surface area (Å²) >= 11 is 0. The monoisotopic (exact) mass is 1080 g/mol. The Morgan fingerprint density at radius 3 is 1.05 bits per heavy atom. The summed E-state index contributed by atoms with van der Waals surface area (Å²) in [5.74, 6) is -0.0429. The second-order valence-electron chi connectivity index (χ2n) is 23.9. The molecule has 0 saturated carbocycles. The van der Waals surface area contributed by atoms with Crippen LogP contribution in [0.25, 0.3) is 0 Å². The van der Waals surface area contributed by atoms with Crippen LogP contribution in [0, 0.1) is 0 Å². The fraction of sp³-hybridized carbons (Fsp3) is 0.887. The van der Waals surface area contributed by atoms with Gasteiger partial charge in [0.2, 0.25) is 5.91 Å². The van der Waals surface area contributed by atoms with E-state index in [1.807, 2.05) is 0 Å². The van der Waals surface area contributed by atoms with Crippen molar-refractivity contribution in [2.75, 3.05) is 13.2 Å². The minimum absolute atomic E-state index is 0.00484. The second kappa shape index (κ2) is 66.6. The molecule has 0 heterocycles. The van der Waals surface area contributed by atoms with Crippen LogP contribution < -0.4 is 5.32 Å². The molecule has 0 aromatic carbocycles. The molecule has 454 valence electrons. The molecule has 77 heavy (non-hydrogen) atoms. The number of rotatable bonds is 65. The van der Waals surface area contributed by atoms with Crippen molar-refractivity contribution in [1.82, 2.24) is 5.32 Å². The second-order valence-corrected chi connectivity index (χ2v) is 23.9. The van der Waals surface area contributed by atoms with Crippen molar-refractivity contribution >= 4 is 11.9 Å². The number of ether oxygens (including phenoxy) is 1. The average molecular weight is 1080 g/mol. The van der Waals surface area contributed by atoms with E-state index >= 15 is 0 Å². The summed E-state index contributed by atoms with van der Waals surface area (Å²) < 4.78 is 5.47. The van der Waals surface area contributed by atoms with Crippen molar-refractivity contribution in [3.63, 3.8) is 0 Å². The van der Waals surface area contributed by atoms with Crippen LogP contribution in [0.5, 0.6) is 0 Å². The van der Waals surface area contributed by atoms with E-state index in [1.165, 1.54) is 295 Å². The molecule has 0 aliphatic heterocycles. The van der Waals surface area contributed by atoms with E-state index in [-0.39, 0.29) is 18.5 Å². The van der Waals surface area contributed by atoms with Crippen molar-refractivity contribution in [1.29, 1.82) is 0 Å². The van der Waals surface area contributed by atoms with Crippen LogP contribution in [-0.4, -0.2) is 47.4 Å². The Morgan fingerprint density at radius 1 is 0.364 bits per heavy atom. The van der Waals surface area contributed by atoms with E-state index in [0.717, 1.165) is 51.4 Å². The highest BCUT2D eigenvalue weighted by atomic mass is 16.5. The Hall–Kier alpha value is -1.92. The van der Waals surface area contributed by atoms with Crippen molar-refractivity contribution in [2.24, 2.45) is 0 Å². The van der Waals surface area contributed by atoms with Gasteiger partial charge in [-0.2, -0.15) is 0 Å². The minimum atomic E-state index is -0.671. The molecule has 6 heteroatoms. The van der Waals surface area contributed by atoms with Gasteiger partial charge in [0.05, 0.1) is 25.4 Å². The summed E-state index contributed by atoms with van der Waals surface area (Å²) in [7, 11) is 0. The van der Waals surface area contributed by atoms with E-state index in [2.05, 4.69) is 55.6 Å². The van der Waals surface area contributed by atoms with Crippen molar-refractivity contribution in [2.45, 2.75) is 392 Å².